The molecule has 128 valence electrons. The van der Waals surface area contributed by atoms with Crippen molar-refractivity contribution in [2.24, 2.45) is 5.10 Å². The van der Waals surface area contributed by atoms with Crippen LogP contribution in [0.15, 0.2) is 76.2 Å². The molecule has 4 rings (SSSR count). The predicted octanol–water partition coefficient (Wildman–Crippen LogP) is 5.40. The van der Waals surface area contributed by atoms with Crippen molar-refractivity contribution in [3.05, 3.63) is 82.3 Å². The normalized spacial score (nSPS) is 11.3. The Balaban J connectivity index is 1.65. The lowest BCUT2D eigenvalue weighted by atomic mass is 10.2. The fourth-order valence-electron chi connectivity index (χ4n) is 2.52. The zero-order valence-corrected chi connectivity index (χ0v) is 15.0. The molecule has 5 nitrogen and oxygen atoms in total. The van der Waals surface area contributed by atoms with Gasteiger partial charge in [0.15, 0.2) is 5.82 Å². The summed E-state index contributed by atoms with van der Waals surface area (Å²) < 4.78 is 7.78. The number of halogens is 1. The summed E-state index contributed by atoms with van der Waals surface area (Å²) in [6.07, 6.45) is 1.60. The Bertz CT molecular complexity index is 1130. The van der Waals surface area contributed by atoms with E-state index in [1.807, 2.05) is 66.7 Å². The zero-order chi connectivity index (χ0) is 17.9. The number of rotatable bonds is 4. The lowest BCUT2D eigenvalue weighted by Crippen LogP contribution is -1.94. The highest BCUT2D eigenvalue weighted by Crippen LogP contribution is 2.28. The maximum absolute atomic E-state index is 6.21. The van der Waals surface area contributed by atoms with Gasteiger partial charge in [0.05, 0.1) is 11.2 Å². The summed E-state index contributed by atoms with van der Waals surface area (Å²) >= 11 is 11.5. The van der Waals surface area contributed by atoms with Crippen LogP contribution >= 0.6 is 23.8 Å². The molecule has 26 heavy (non-hydrogen) atoms. The molecule has 2 heterocycles. The van der Waals surface area contributed by atoms with E-state index in [1.54, 1.807) is 10.9 Å². The van der Waals surface area contributed by atoms with E-state index in [2.05, 4.69) is 15.3 Å². The molecule has 1 N–H and O–H groups in total. The van der Waals surface area contributed by atoms with Gasteiger partial charge in [-0.3, -0.25) is 0 Å². The van der Waals surface area contributed by atoms with Gasteiger partial charge in [0, 0.05) is 11.1 Å². The van der Waals surface area contributed by atoms with Crippen LogP contribution in [-0.4, -0.2) is 21.1 Å². The van der Waals surface area contributed by atoms with Crippen molar-refractivity contribution < 1.29 is 4.42 Å². The number of hydrogen-bond donors (Lipinski definition) is 1. The van der Waals surface area contributed by atoms with Crippen molar-refractivity contribution in [1.82, 2.24) is 14.9 Å². The van der Waals surface area contributed by atoms with Crippen LogP contribution in [-0.2, 0) is 0 Å². The van der Waals surface area contributed by atoms with Crippen LogP contribution in [0.25, 0.3) is 22.7 Å². The molecule has 0 saturated heterocycles. The third-order valence-corrected chi connectivity index (χ3v) is 4.34. The van der Waals surface area contributed by atoms with E-state index < -0.39 is 0 Å². The second-order valence-corrected chi connectivity index (χ2v) is 6.25. The van der Waals surface area contributed by atoms with E-state index in [0.29, 0.717) is 27.1 Å². The minimum Gasteiger partial charge on any atom is -0.455 e. The van der Waals surface area contributed by atoms with Gasteiger partial charge in [0.1, 0.15) is 11.5 Å². The molecule has 0 spiro atoms. The van der Waals surface area contributed by atoms with Gasteiger partial charge < -0.3 is 4.42 Å². The number of nitrogens with one attached hydrogen (secondary N) is 1. The van der Waals surface area contributed by atoms with Crippen molar-refractivity contribution in [2.45, 2.75) is 0 Å². The molecule has 0 fully saturated rings. The maximum Gasteiger partial charge on any atom is 0.216 e. The Hall–Kier alpha value is -2.96. The number of aromatic nitrogens is 3. The fourth-order valence-corrected chi connectivity index (χ4v) is 2.92. The number of benzene rings is 2. The highest BCUT2D eigenvalue weighted by atomic mass is 35.5. The molecule has 0 amide bonds. The molecule has 0 aliphatic heterocycles. The fraction of sp³-hybridized carbons (Fsp3) is 0. The molecule has 0 saturated carbocycles. The molecule has 0 unspecified atom stereocenters. The number of H-pyrrole nitrogens is 1. The summed E-state index contributed by atoms with van der Waals surface area (Å²) in [5, 5.41) is 12.1. The molecule has 2 aromatic carbocycles. The van der Waals surface area contributed by atoms with Crippen LogP contribution in [0, 0.1) is 4.77 Å². The lowest BCUT2D eigenvalue weighted by Gasteiger charge is -2.00. The summed E-state index contributed by atoms with van der Waals surface area (Å²) in [5.41, 5.74) is 1.74. The topological polar surface area (TPSA) is 59.1 Å². The largest absolute Gasteiger partial charge is 0.455 e. The Labute approximate surface area is 159 Å². The first-order valence-corrected chi connectivity index (χ1v) is 8.63. The first-order chi connectivity index (χ1) is 12.7. The molecular formula is C19H13ClN4OS. The number of hydrogen-bond acceptors (Lipinski definition) is 4. The minimum atomic E-state index is 0.401. The van der Waals surface area contributed by atoms with Gasteiger partial charge in [-0.1, -0.05) is 54.1 Å². The molecule has 7 heteroatoms. The van der Waals surface area contributed by atoms with Gasteiger partial charge in [-0.2, -0.15) is 14.9 Å². The first kappa shape index (κ1) is 16.5. The molecular weight excluding hydrogens is 368 g/mol. The third-order valence-electron chi connectivity index (χ3n) is 3.75. The summed E-state index contributed by atoms with van der Waals surface area (Å²) in [7, 11) is 0. The van der Waals surface area contributed by atoms with Crippen LogP contribution in [0.4, 0.5) is 0 Å². The second-order valence-electron chi connectivity index (χ2n) is 5.46. The quantitative estimate of drug-likeness (QED) is 0.380. The maximum atomic E-state index is 6.21. The average molecular weight is 381 g/mol. The highest BCUT2D eigenvalue weighted by molar-refractivity contribution is 7.71. The van der Waals surface area contributed by atoms with E-state index in [1.165, 1.54) is 0 Å². The average Bonchev–Trinajstić information content (AvgIpc) is 3.28. The zero-order valence-electron chi connectivity index (χ0n) is 13.5. The van der Waals surface area contributed by atoms with Gasteiger partial charge >= 0.3 is 0 Å². The highest BCUT2D eigenvalue weighted by Gasteiger charge is 2.09. The molecule has 2 aromatic heterocycles. The van der Waals surface area contributed by atoms with Crippen molar-refractivity contribution in [3.8, 4) is 22.7 Å². The number of furan rings is 1. The van der Waals surface area contributed by atoms with E-state index in [4.69, 9.17) is 28.2 Å². The van der Waals surface area contributed by atoms with Crippen molar-refractivity contribution in [2.75, 3.05) is 0 Å². The molecule has 0 radical (unpaired) electrons. The van der Waals surface area contributed by atoms with Crippen LogP contribution in [0.1, 0.15) is 5.76 Å². The summed E-state index contributed by atoms with van der Waals surface area (Å²) in [4.78, 5) is 0. The lowest BCUT2D eigenvalue weighted by molar-refractivity contribution is 0.574. The SMILES string of the molecule is S=c1[nH]nc(-c2ccccc2)n1/N=C/c1ccc(-c2ccccc2Cl)o1. The molecule has 4 aromatic rings. The van der Waals surface area contributed by atoms with Crippen LogP contribution in [0.3, 0.4) is 0 Å². The van der Waals surface area contributed by atoms with Gasteiger partial charge in [-0.25, -0.2) is 5.10 Å². The summed E-state index contributed by atoms with van der Waals surface area (Å²) in [6, 6.07) is 20.9. The van der Waals surface area contributed by atoms with Crippen molar-refractivity contribution >= 4 is 30.0 Å². The number of nitrogens with zero attached hydrogens (tertiary/aromatic N) is 3. The van der Waals surface area contributed by atoms with Gasteiger partial charge in [-0.05, 0) is 36.5 Å². The summed E-state index contributed by atoms with van der Waals surface area (Å²) in [6.45, 7) is 0. The molecule has 0 bridgehead atoms. The predicted molar refractivity (Wildman–Crippen MR) is 105 cm³/mol. The molecule has 0 atom stereocenters. The minimum absolute atomic E-state index is 0.401. The van der Waals surface area contributed by atoms with Crippen molar-refractivity contribution in [1.29, 1.82) is 0 Å². The summed E-state index contributed by atoms with van der Waals surface area (Å²) in [5.74, 6) is 1.89. The Kier molecular flexibility index (Phi) is 4.51. The van der Waals surface area contributed by atoms with Crippen LogP contribution in [0.5, 0.6) is 0 Å². The number of aromatic amines is 1. The van der Waals surface area contributed by atoms with Crippen molar-refractivity contribution in [3.63, 3.8) is 0 Å². The van der Waals surface area contributed by atoms with Crippen LogP contribution in [0.2, 0.25) is 5.02 Å². The van der Waals surface area contributed by atoms with Gasteiger partial charge in [0.2, 0.25) is 4.77 Å². The second kappa shape index (κ2) is 7.11. The molecule has 0 aliphatic carbocycles. The smallest absolute Gasteiger partial charge is 0.216 e. The van der Waals surface area contributed by atoms with E-state index in [-0.39, 0.29) is 0 Å². The Morgan fingerprint density at radius 2 is 1.81 bits per heavy atom. The van der Waals surface area contributed by atoms with Gasteiger partial charge in [0.25, 0.3) is 0 Å². The standard InChI is InChI=1S/C19H13ClN4OS/c20-16-9-5-4-8-15(16)17-11-10-14(25-17)12-21-24-18(22-23-19(24)26)13-6-2-1-3-7-13/h1-12H,(H,23,26)/b21-12+. The molecule has 0 aliphatic rings. The van der Waals surface area contributed by atoms with E-state index >= 15 is 0 Å². The third kappa shape index (κ3) is 3.24. The van der Waals surface area contributed by atoms with E-state index in [9.17, 15) is 0 Å². The van der Waals surface area contributed by atoms with E-state index in [0.717, 1.165) is 11.1 Å². The van der Waals surface area contributed by atoms with Gasteiger partial charge in [-0.15, -0.1) is 0 Å². The van der Waals surface area contributed by atoms with Crippen LogP contribution < -0.4 is 0 Å². The monoisotopic (exact) mass is 380 g/mol. The Morgan fingerprint density at radius 1 is 1.04 bits per heavy atom. The first-order valence-electron chi connectivity index (χ1n) is 7.84. The Morgan fingerprint density at radius 3 is 2.62 bits per heavy atom.